The van der Waals surface area contributed by atoms with Crippen LogP contribution in [0.15, 0.2) is 53.7 Å². The van der Waals surface area contributed by atoms with Gasteiger partial charge in [-0.1, -0.05) is 36.4 Å². The first-order chi connectivity index (χ1) is 12.1. The van der Waals surface area contributed by atoms with E-state index in [1.54, 1.807) is 31.6 Å². The number of sulfonamides is 1. The van der Waals surface area contributed by atoms with E-state index < -0.39 is 10.0 Å². The molecule has 0 radical (unpaired) electrons. The van der Waals surface area contributed by atoms with Gasteiger partial charge in [0, 0.05) is 25.6 Å². The molecule has 25 heavy (non-hydrogen) atoms. The van der Waals surface area contributed by atoms with E-state index >= 15 is 0 Å². The van der Waals surface area contributed by atoms with E-state index in [2.05, 4.69) is 14.9 Å². The zero-order valence-electron chi connectivity index (χ0n) is 13.9. The van der Waals surface area contributed by atoms with Gasteiger partial charge in [-0.3, -0.25) is 0 Å². The third kappa shape index (κ3) is 4.04. The number of aryl methyl sites for hydroxylation is 1. The molecule has 0 fully saturated rings. The van der Waals surface area contributed by atoms with Crippen LogP contribution in [0.3, 0.4) is 0 Å². The molecule has 0 aliphatic heterocycles. The lowest BCUT2D eigenvalue weighted by atomic mass is 10.1. The number of aromatic nitrogens is 3. The molecule has 0 unspecified atom stereocenters. The van der Waals surface area contributed by atoms with Crippen molar-refractivity contribution in [3.8, 4) is 0 Å². The Kier molecular flexibility index (Phi) is 5.42. The van der Waals surface area contributed by atoms with Crippen molar-refractivity contribution in [3.05, 3.63) is 54.6 Å². The molecule has 8 heteroatoms. The van der Waals surface area contributed by atoms with Gasteiger partial charge in [0.1, 0.15) is 12.2 Å². The van der Waals surface area contributed by atoms with E-state index in [-0.39, 0.29) is 11.4 Å². The summed E-state index contributed by atoms with van der Waals surface area (Å²) in [5, 5.41) is 9.44. The summed E-state index contributed by atoms with van der Waals surface area (Å²) in [6.45, 7) is 1.38. The Balaban J connectivity index is 1.77. The number of methoxy groups -OCH3 is 1. The van der Waals surface area contributed by atoms with Crippen LogP contribution in [0.5, 0.6) is 0 Å². The predicted octanol–water partition coefficient (Wildman–Crippen LogP) is 1.95. The first kappa shape index (κ1) is 17.5. The van der Waals surface area contributed by atoms with Crippen LogP contribution in [0, 0.1) is 0 Å². The summed E-state index contributed by atoms with van der Waals surface area (Å²) in [7, 11) is -2.02. The van der Waals surface area contributed by atoms with Crippen molar-refractivity contribution < 1.29 is 13.2 Å². The highest BCUT2D eigenvalue weighted by Crippen LogP contribution is 2.22. The average Bonchev–Trinajstić information content (AvgIpc) is 3.07. The van der Waals surface area contributed by atoms with E-state index in [1.807, 2.05) is 28.8 Å². The van der Waals surface area contributed by atoms with Crippen LogP contribution < -0.4 is 4.72 Å². The first-order valence-corrected chi connectivity index (χ1v) is 9.43. The number of hydrogen-bond acceptors (Lipinski definition) is 5. The van der Waals surface area contributed by atoms with Gasteiger partial charge in [0.15, 0.2) is 0 Å². The van der Waals surface area contributed by atoms with Gasteiger partial charge in [-0.05, 0) is 17.9 Å². The summed E-state index contributed by atoms with van der Waals surface area (Å²) in [6, 6.07) is 12.6. The van der Waals surface area contributed by atoms with Gasteiger partial charge >= 0.3 is 0 Å². The molecule has 2 aromatic carbocycles. The van der Waals surface area contributed by atoms with Crippen molar-refractivity contribution in [1.29, 1.82) is 0 Å². The maximum atomic E-state index is 12.7. The zero-order valence-corrected chi connectivity index (χ0v) is 14.7. The van der Waals surface area contributed by atoms with Gasteiger partial charge in [0.2, 0.25) is 10.0 Å². The van der Waals surface area contributed by atoms with Crippen LogP contribution in [0.2, 0.25) is 0 Å². The fraction of sp³-hybridized carbons (Fsp3) is 0.294. The monoisotopic (exact) mass is 360 g/mol. The van der Waals surface area contributed by atoms with Crippen LogP contribution in [0.4, 0.5) is 0 Å². The van der Waals surface area contributed by atoms with Crippen molar-refractivity contribution in [2.75, 3.05) is 13.7 Å². The minimum Gasteiger partial charge on any atom is -0.385 e. The van der Waals surface area contributed by atoms with Gasteiger partial charge in [-0.25, -0.2) is 13.1 Å². The van der Waals surface area contributed by atoms with E-state index in [9.17, 15) is 8.42 Å². The molecule has 1 N–H and O–H groups in total. The van der Waals surface area contributed by atoms with Crippen LogP contribution in [0.1, 0.15) is 12.2 Å². The molecular weight excluding hydrogens is 340 g/mol. The summed E-state index contributed by atoms with van der Waals surface area (Å²) >= 11 is 0. The molecular formula is C17H20N4O3S. The standard InChI is InChI=1S/C17H20N4O3S/c1-24-11-5-10-21-13-18-20-17(21)12-19-25(22,23)16-9-4-7-14-6-2-3-8-15(14)16/h2-4,6-9,13,19H,5,10-12H2,1H3. The SMILES string of the molecule is COCCCn1cnnc1CNS(=O)(=O)c1cccc2ccccc12. The second kappa shape index (κ2) is 7.73. The normalized spacial score (nSPS) is 11.9. The van der Waals surface area contributed by atoms with Gasteiger partial charge in [-0.15, -0.1) is 10.2 Å². The zero-order chi connectivity index (χ0) is 17.7. The number of hydrogen-bond donors (Lipinski definition) is 1. The summed E-state index contributed by atoms with van der Waals surface area (Å²) in [6.07, 6.45) is 2.40. The molecule has 0 spiro atoms. The van der Waals surface area contributed by atoms with E-state index in [1.165, 1.54) is 0 Å². The molecule has 7 nitrogen and oxygen atoms in total. The first-order valence-electron chi connectivity index (χ1n) is 7.95. The van der Waals surface area contributed by atoms with Gasteiger partial charge in [-0.2, -0.15) is 0 Å². The minimum atomic E-state index is -3.66. The number of fused-ring (bicyclic) bond motifs is 1. The molecule has 0 amide bonds. The minimum absolute atomic E-state index is 0.0819. The Morgan fingerprint density at radius 2 is 1.96 bits per heavy atom. The Hall–Kier alpha value is -2.29. The van der Waals surface area contributed by atoms with Crippen molar-refractivity contribution >= 4 is 20.8 Å². The molecule has 0 aliphatic rings. The van der Waals surface area contributed by atoms with Crippen LogP contribution in [-0.2, 0) is 27.8 Å². The molecule has 3 aromatic rings. The van der Waals surface area contributed by atoms with Crippen LogP contribution >= 0.6 is 0 Å². The third-order valence-corrected chi connectivity index (χ3v) is 5.36. The molecule has 0 saturated heterocycles. The Bertz CT molecular complexity index is 948. The number of rotatable bonds is 8. The maximum Gasteiger partial charge on any atom is 0.241 e. The molecule has 1 aromatic heterocycles. The topological polar surface area (TPSA) is 86.1 Å². The fourth-order valence-electron chi connectivity index (χ4n) is 2.65. The lowest BCUT2D eigenvalue weighted by Crippen LogP contribution is -2.25. The highest BCUT2D eigenvalue weighted by Gasteiger charge is 2.18. The highest BCUT2D eigenvalue weighted by molar-refractivity contribution is 7.89. The smallest absolute Gasteiger partial charge is 0.241 e. The van der Waals surface area contributed by atoms with Crippen molar-refractivity contribution in [3.63, 3.8) is 0 Å². The van der Waals surface area contributed by atoms with Crippen molar-refractivity contribution in [1.82, 2.24) is 19.5 Å². The lowest BCUT2D eigenvalue weighted by molar-refractivity contribution is 0.190. The van der Waals surface area contributed by atoms with Gasteiger partial charge < -0.3 is 9.30 Å². The van der Waals surface area contributed by atoms with Crippen molar-refractivity contribution in [2.24, 2.45) is 0 Å². The fourth-order valence-corrected chi connectivity index (χ4v) is 3.86. The Morgan fingerprint density at radius 1 is 1.16 bits per heavy atom. The average molecular weight is 360 g/mol. The Labute approximate surface area is 146 Å². The second-order valence-electron chi connectivity index (χ2n) is 5.59. The van der Waals surface area contributed by atoms with Gasteiger partial charge in [0.25, 0.3) is 0 Å². The summed E-state index contributed by atoms with van der Waals surface area (Å²) < 4.78 is 34.9. The number of nitrogens with zero attached hydrogens (tertiary/aromatic N) is 3. The number of ether oxygens (including phenoxy) is 1. The molecule has 3 rings (SSSR count). The molecule has 0 saturated carbocycles. The third-order valence-electron chi connectivity index (χ3n) is 3.90. The summed E-state index contributed by atoms with van der Waals surface area (Å²) in [4.78, 5) is 0.260. The van der Waals surface area contributed by atoms with Crippen LogP contribution in [-0.4, -0.2) is 36.9 Å². The van der Waals surface area contributed by atoms with Gasteiger partial charge in [0.05, 0.1) is 11.4 Å². The van der Waals surface area contributed by atoms with E-state index in [0.29, 0.717) is 24.4 Å². The lowest BCUT2D eigenvalue weighted by Gasteiger charge is -2.10. The quantitative estimate of drug-likeness (QED) is 0.621. The molecule has 0 aliphatic carbocycles. The Morgan fingerprint density at radius 3 is 2.80 bits per heavy atom. The summed E-state index contributed by atoms with van der Waals surface area (Å²) in [5.41, 5.74) is 0. The predicted molar refractivity (Wildman–Crippen MR) is 94.5 cm³/mol. The largest absolute Gasteiger partial charge is 0.385 e. The maximum absolute atomic E-state index is 12.7. The molecule has 0 atom stereocenters. The number of benzene rings is 2. The molecule has 1 heterocycles. The summed E-state index contributed by atoms with van der Waals surface area (Å²) in [5.74, 6) is 0.569. The van der Waals surface area contributed by atoms with Crippen molar-refractivity contribution in [2.45, 2.75) is 24.4 Å². The second-order valence-corrected chi connectivity index (χ2v) is 7.32. The number of nitrogens with one attached hydrogen (secondary N) is 1. The highest BCUT2D eigenvalue weighted by atomic mass is 32.2. The van der Waals surface area contributed by atoms with Crippen LogP contribution in [0.25, 0.3) is 10.8 Å². The van der Waals surface area contributed by atoms with E-state index in [4.69, 9.17) is 4.74 Å². The molecule has 0 bridgehead atoms. The molecule has 132 valence electrons. The van der Waals surface area contributed by atoms with E-state index in [0.717, 1.165) is 11.8 Å².